The highest BCUT2D eigenvalue weighted by atomic mass is 16.5. The van der Waals surface area contributed by atoms with Crippen LogP contribution in [0.25, 0.3) is 0 Å². The molecular weight excluding hydrogens is 308 g/mol. The van der Waals surface area contributed by atoms with E-state index in [2.05, 4.69) is 5.32 Å². The fourth-order valence-electron chi connectivity index (χ4n) is 2.03. The van der Waals surface area contributed by atoms with E-state index in [4.69, 9.17) is 19.5 Å². The van der Waals surface area contributed by atoms with E-state index in [-0.39, 0.29) is 5.91 Å². The smallest absolute Gasteiger partial charge is 0.265 e. The van der Waals surface area contributed by atoms with Crippen LogP contribution in [0.4, 0.5) is 5.69 Å². The lowest BCUT2D eigenvalue weighted by molar-refractivity contribution is -0.122. The van der Waals surface area contributed by atoms with E-state index < -0.39 is 6.10 Å². The van der Waals surface area contributed by atoms with Gasteiger partial charge in [0.05, 0.1) is 25.5 Å². The standard InChI is InChI=1S/C18H18N2O4/c1-12(18(21)20-17-7-5-4-6-13(17)11-19)24-16-9-14(22-2)8-15(10-16)23-3/h4-10,12H,1-3H3,(H,20,21)/t12-/m1/s1. The molecule has 0 unspecified atom stereocenters. The molecule has 0 saturated heterocycles. The molecule has 0 spiro atoms. The minimum atomic E-state index is -0.770. The van der Waals surface area contributed by atoms with E-state index >= 15 is 0 Å². The van der Waals surface area contributed by atoms with Crippen LogP contribution in [0.1, 0.15) is 12.5 Å². The quantitative estimate of drug-likeness (QED) is 0.882. The first-order chi connectivity index (χ1) is 11.6. The number of nitrogens with zero attached hydrogens (tertiary/aromatic N) is 1. The first-order valence-electron chi connectivity index (χ1n) is 7.27. The monoisotopic (exact) mass is 326 g/mol. The Balaban J connectivity index is 2.10. The Hall–Kier alpha value is -3.20. The molecule has 0 aliphatic heterocycles. The number of hydrogen-bond acceptors (Lipinski definition) is 5. The second-order valence-corrected chi connectivity index (χ2v) is 4.96. The zero-order valence-electron chi connectivity index (χ0n) is 13.7. The maximum Gasteiger partial charge on any atom is 0.265 e. The van der Waals surface area contributed by atoms with E-state index in [1.54, 1.807) is 49.4 Å². The highest BCUT2D eigenvalue weighted by Crippen LogP contribution is 2.28. The molecule has 0 heterocycles. The number of hydrogen-bond donors (Lipinski definition) is 1. The van der Waals surface area contributed by atoms with Gasteiger partial charge in [-0.2, -0.15) is 5.26 Å². The normalized spacial score (nSPS) is 11.1. The molecule has 6 nitrogen and oxygen atoms in total. The summed E-state index contributed by atoms with van der Waals surface area (Å²) in [5, 5.41) is 11.7. The molecule has 24 heavy (non-hydrogen) atoms. The number of para-hydroxylation sites is 1. The molecule has 2 aromatic rings. The number of rotatable bonds is 6. The second kappa shape index (κ2) is 7.88. The van der Waals surface area contributed by atoms with Crippen LogP contribution in [0.5, 0.6) is 17.2 Å². The van der Waals surface area contributed by atoms with Crippen molar-refractivity contribution in [3.05, 3.63) is 48.0 Å². The Kier molecular flexibility index (Phi) is 5.63. The van der Waals surface area contributed by atoms with Gasteiger partial charge in [0.15, 0.2) is 6.10 Å². The molecule has 0 aliphatic carbocycles. The molecule has 0 radical (unpaired) electrons. The molecule has 0 fully saturated rings. The van der Waals surface area contributed by atoms with Crippen LogP contribution in [0.2, 0.25) is 0 Å². The zero-order valence-corrected chi connectivity index (χ0v) is 13.7. The summed E-state index contributed by atoms with van der Waals surface area (Å²) in [6.07, 6.45) is -0.770. The van der Waals surface area contributed by atoms with Crippen LogP contribution in [0.3, 0.4) is 0 Å². The summed E-state index contributed by atoms with van der Waals surface area (Å²) in [6.45, 7) is 1.62. The molecule has 2 rings (SSSR count). The number of methoxy groups -OCH3 is 2. The second-order valence-electron chi connectivity index (χ2n) is 4.96. The van der Waals surface area contributed by atoms with Gasteiger partial charge in [-0.05, 0) is 19.1 Å². The van der Waals surface area contributed by atoms with Gasteiger partial charge in [0.25, 0.3) is 5.91 Å². The van der Waals surface area contributed by atoms with Crippen molar-refractivity contribution in [3.63, 3.8) is 0 Å². The van der Waals surface area contributed by atoms with Gasteiger partial charge in [0.1, 0.15) is 23.3 Å². The summed E-state index contributed by atoms with van der Waals surface area (Å²) >= 11 is 0. The Bertz CT molecular complexity index is 746. The number of carbonyl (C=O) groups is 1. The van der Waals surface area contributed by atoms with Crippen molar-refractivity contribution < 1.29 is 19.0 Å². The SMILES string of the molecule is COc1cc(OC)cc(O[C@H](C)C(=O)Nc2ccccc2C#N)c1. The third-order valence-electron chi connectivity index (χ3n) is 3.31. The van der Waals surface area contributed by atoms with Crippen molar-refractivity contribution in [2.24, 2.45) is 0 Å². The molecular formula is C18H18N2O4. The van der Waals surface area contributed by atoms with E-state index in [1.807, 2.05) is 6.07 Å². The number of ether oxygens (including phenoxy) is 3. The highest BCUT2D eigenvalue weighted by molar-refractivity contribution is 5.95. The van der Waals surface area contributed by atoms with E-state index in [1.165, 1.54) is 14.2 Å². The summed E-state index contributed by atoms with van der Waals surface area (Å²) in [7, 11) is 3.07. The summed E-state index contributed by atoms with van der Waals surface area (Å²) in [5.41, 5.74) is 0.838. The summed E-state index contributed by atoms with van der Waals surface area (Å²) < 4.78 is 16.0. The van der Waals surface area contributed by atoms with Crippen LogP contribution in [-0.4, -0.2) is 26.2 Å². The molecule has 0 bridgehead atoms. The lowest BCUT2D eigenvalue weighted by Gasteiger charge is -2.16. The highest BCUT2D eigenvalue weighted by Gasteiger charge is 2.17. The van der Waals surface area contributed by atoms with Gasteiger partial charge in [-0.25, -0.2) is 0 Å². The van der Waals surface area contributed by atoms with Crippen molar-refractivity contribution in [3.8, 4) is 23.3 Å². The van der Waals surface area contributed by atoms with Gasteiger partial charge in [-0.15, -0.1) is 0 Å². The average molecular weight is 326 g/mol. The maximum atomic E-state index is 12.3. The fourth-order valence-corrected chi connectivity index (χ4v) is 2.03. The van der Waals surface area contributed by atoms with Crippen molar-refractivity contribution in [2.75, 3.05) is 19.5 Å². The van der Waals surface area contributed by atoms with Crippen molar-refractivity contribution in [1.82, 2.24) is 0 Å². The Labute approximate surface area is 140 Å². The molecule has 0 aromatic heterocycles. The molecule has 2 aromatic carbocycles. The molecule has 0 aliphatic rings. The van der Waals surface area contributed by atoms with Crippen molar-refractivity contribution >= 4 is 11.6 Å². The van der Waals surface area contributed by atoms with Crippen LogP contribution >= 0.6 is 0 Å². The van der Waals surface area contributed by atoms with E-state index in [9.17, 15) is 4.79 Å². The molecule has 1 atom stereocenters. The zero-order chi connectivity index (χ0) is 17.5. The molecule has 1 N–H and O–H groups in total. The lowest BCUT2D eigenvalue weighted by atomic mass is 10.2. The predicted molar refractivity (Wildman–Crippen MR) is 89.4 cm³/mol. The first-order valence-corrected chi connectivity index (χ1v) is 7.27. The number of benzene rings is 2. The van der Waals surface area contributed by atoms with Crippen LogP contribution < -0.4 is 19.5 Å². The minimum absolute atomic E-state index is 0.362. The van der Waals surface area contributed by atoms with Gasteiger partial charge >= 0.3 is 0 Å². The molecule has 0 saturated carbocycles. The Morgan fingerprint density at radius 3 is 2.25 bits per heavy atom. The third kappa shape index (κ3) is 4.17. The summed E-state index contributed by atoms with van der Waals surface area (Å²) in [6, 6.07) is 13.8. The van der Waals surface area contributed by atoms with Gasteiger partial charge in [-0.3, -0.25) is 4.79 Å². The van der Waals surface area contributed by atoms with Crippen LogP contribution in [0.15, 0.2) is 42.5 Å². The molecule has 124 valence electrons. The summed E-state index contributed by atoms with van der Waals surface area (Å²) in [5.74, 6) is 1.21. The number of nitriles is 1. The maximum absolute atomic E-state index is 12.3. The fraction of sp³-hybridized carbons (Fsp3) is 0.222. The molecule has 6 heteroatoms. The van der Waals surface area contributed by atoms with Crippen LogP contribution in [-0.2, 0) is 4.79 Å². The van der Waals surface area contributed by atoms with Crippen LogP contribution in [0, 0.1) is 11.3 Å². The minimum Gasteiger partial charge on any atom is -0.496 e. The number of carbonyl (C=O) groups excluding carboxylic acids is 1. The number of amides is 1. The van der Waals surface area contributed by atoms with Crippen molar-refractivity contribution in [2.45, 2.75) is 13.0 Å². The largest absolute Gasteiger partial charge is 0.496 e. The lowest BCUT2D eigenvalue weighted by Crippen LogP contribution is -2.30. The third-order valence-corrected chi connectivity index (χ3v) is 3.31. The summed E-state index contributed by atoms with van der Waals surface area (Å²) in [4.78, 5) is 12.3. The first kappa shape index (κ1) is 17.2. The number of nitrogens with one attached hydrogen (secondary N) is 1. The van der Waals surface area contributed by atoms with Gasteiger partial charge in [-0.1, -0.05) is 12.1 Å². The van der Waals surface area contributed by atoms with Gasteiger partial charge in [0, 0.05) is 18.2 Å². The topological polar surface area (TPSA) is 80.6 Å². The average Bonchev–Trinajstić information content (AvgIpc) is 2.61. The Morgan fingerprint density at radius 2 is 1.67 bits per heavy atom. The number of anilines is 1. The van der Waals surface area contributed by atoms with Gasteiger partial charge in [0.2, 0.25) is 0 Å². The van der Waals surface area contributed by atoms with Gasteiger partial charge < -0.3 is 19.5 Å². The predicted octanol–water partition coefficient (Wildman–Crippen LogP) is 2.98. The van der Waals surface area contributed by atoms with E-state index in [0.717, 1.165) is 0 Å². The molecule has 1 amide bonds. The van der Waals surface area contributed by atoms with Crippen molar-refractivity contribution in [1.29, 1.82) is 5.26 Å². The Morgan fingerprint density at radius 1 is 1.08 bits per heavy atom. The van der Waals surface area contributed by atoms with E-state index in [0.29, 0.717) is 28.5 Å².